The largest absolute Gasteiger partial charge is 0.356 e. The van der Waals surface area contributed by atoms with Gasteiger partial charge in [0.1, 0.15) is 0 Å². The molecule has 3 rings (SSSR count). The molecule has 2 aromatic rings. The smallest absolute Gasteiger partial charge is 0.191 e. The van der Waals surface area contributed by atoms with Crippen LogP contribution in [-0.2, 0) is 21.8 Å². The van der Waals surface area contributed by atoms with E-state index in [1.807, 2.05) is 25.1 Å². The van der Waals surface area contributed by atoms with Crippen LogP contribution in [0, 0.1) is 6.92 Å². The minimum atomic E-state index is -3.19. The molecule has 1 saturated carbocycles. The van der Waals surface area contributed by atoms with Gasteiger partial charge in [-0.15, -0.1) is 0 Å². The van der Waals surface area contributed by atoms with Crippen molar-refractivity contribution in [1.29, 1.82) is 0 Å². The Morgan fingerprint density at radius 3 is 2.37 bits per heavy atom. The van der Waals surface area contributed by atoms with Crippen LogP contribution in [0.4, 0.5) is 0 Å². The van der Waals surface area contributed by atoms with Crippen LogP contribution in [0.5, 0.6) is 0 Å². The fourth-order valence-corrected chi connectivity index (χ4v) is 4.37. The normalized spacial score (nSPS) is 16.0. The summed E-state index contributed by atoms with van der Waals surface area (Å²) in [4.78, 5) is 4.69. The number of sulfone groups is 1. The highest BCUT2D eigenvalue weighted by atomic mass is 32.2. The van der Waals surface area contributed by atoms with Crippen molar-refractivity contribution in [3.8, 4) is 0 Å². The van der Waals surface area contributed by atoms with Gasteiger partial charge in [0.05, 0.1) is 4.90 Å². The van der Waals surface area contributed by atoms with Crippen molar-refractivity contribution >= 4 is 15.8 Å². The zero-order chi connectivity index (χ0) is 19.5. The van der Waals surface area contributed by atoms with Gasteiger partial charge in [-0.25, -0.2) is 8.42 Å². The van der Waals surface area contributed by atoms with Gasteiger partial charge in [-0.1, -0.05) is 42.5 Å². The van der Waals surface area contributed by atoms with E-state index in [1.165, 1.54) is 24.7 Å². The second kappa shape index (κ2) is 7.72. The molecule has 0 bridgehead atoms. The minimum Gasteiger partial charge on any atom is -0.356 e. The number of guanidine groups is 1. The molecule has 0 atom stereocenters. The van der Waals surface area contributed by atoms with Gasteiger partial charge >= 0.3 is 0 Å². The summed E-state index contributed by atoms with van der Waals surface area (Å²) >= 11 is 0. The predicted octanol–water partition coefficient (Wildman–Crippen LogP) is 2.80. The molecule has 0 unspecified atom stereocenters. The van der Waals surface area contributed by atoms with Crippen molar-refractivity contribution in [3.05, 3.63) is 65.2 Å². The molecule has 1 fully saturated rings. The first-order valence-electron chi connectivity index (χ1n) is 9.14. The lowest BCUT2D eigenvalue weighted by Gasteiger charge is -2.19. The molecule has 0 saturated heterocycles. The van der Waals surface area contributed by atoms with Gasteiger partial charge in [-0.2, -0.15) is 0 Å². The average Bonchev–Trinajstić information content (AvgIpc) is 3.43. The van der Waals surface area contributed by atoms with Gasteiger partial charge in [-0.3, -0.25) is 4.99 Å². The SMILES string of the molecule is CN=C(NCc1ccc(S(C)(=O)=O)c(C)c1)NCC1(c2ccccc2)CC1. The Morgan fingerprint density at radius 2 is 1.81 bits per heavy atom. The van der Waals surface area contributed by atoms with Gasteiger partial charge in [0.25, 0.3) is 0 Å². The molecule has 1 aliphatic carbocycles. The van der Waals surface area contributed by atoms with Crippen LogP contribution in [0.2, 0.25) is 0 Å². The van der Waals surface area contributed by atoms with Gasteiger partial charge in [0.15, 0.2) is 15.8 Å². The van der Waals surface area contributed by atoms with Gasteiger partial charge in [0.2, 0.25) is 0 Å². The summed E-state index contributed by atoms with van der Waals surface area (Å²) in [5.74, 6) is 0.752. The number of rotatable bonds is 6. The molecule has 0 aromatic heterocycles. The molecule has 27 heavy (non-hydrogen) atoms. The maximum atomic E-state index is 11.7. The number of aryl methyl sites for hydroxylation is 1. The summed E-state index contributed by atoms with van der Waals surface area (Å²) in [5.41, 5.74) is 3.37. The van der Waals surface area contributed by atoms with Crippen molar-refractivity contribution in [2.45, 2.75) is 36.6 Å². The van der Waals surface area contributed by atoms with E-state index < -0.39 is 9.84 Å². The third-order valence-electron chi connectivity index (χ3n) is 5.16. The molecule has 2 N–H and O–H groups in total. The maximum absolute atomic E-state index is 11.7. The molecule has 1 aliphatic rings. The number of benzene rings is 2. The lowest BCUT2D eigenvalue weighted by atomic mass is 9.96. The lowest BCUT2D eigenvalue weighted by molar-refractivity contribution is 0.601. The van der Waals surface area contributed by atoms with E-state index >= 15 is 0 Å². The summed E-state index contributed by atoms with van der Waals surface area (Å²) in [5, 5.41) is 6.75. The third kappa shape index (κ3) is 4.69. The fraction of sp³-hybridized carbons (Fsp3) is 0.381. The van der Waals surface area contributed by atoms with E-state index in [4.69, 9.17) is 0 Å². The summed E-state index contributed by atoms with van der Waals surface area (Å²) in [6, 6.07) is 16.0. The number of hydrogen-bond donors (Lipinski definition) is 2. The number of hydrogen-bond acceptors (Lipinski definition) is 3. The zero-order valence-electron chi connectivity index (χ0n) is 16.1. The van der Waals surface area contributed by atoms with Gasteiger partial charge in [0, 0.05) is 31.8 Å². The monoisotopic (exact) mass is 385 g/mol. The Kier molecular flexibility index (Phi) is 5.56. The molecular formula is C21H27N3O2S. The number of nitrogens with one attached hydrogen (secondary N) is 2. The molecule has 0 amide bonds. The fourth-order valence-electron chi connectivity index (χ4n) is 3.41. The molecule has 0 spiro atoms. The Balaban J connectivity index is 1.58. The van der Waals surface area contributed by atoms with Gasteiger partial charge in [-0.05, 0) is 42.5 Å². The topological polar surface area (TPSA) is 70.6 Å². The standard InChI is InChI=1S/C21H27N3O2S/c1-16-13-17(9-10-19(16)27(3,25)26)14-23-20(22-2)24-15-21(11-12-21)18-7-5-4-6-8-18/h4-10,13H,11-12,14-15H2,1-3H3,(H2,22,23,24). The molecule has 6 heteroatoms. The summed E-state index contributed by atoms with van der Waals surface area (Å²) in [7, 11) is -1.43. The Hall–Kier alpha value is -2.34. The Labute approximate surface area is 161 Å². The molecule has 5 nitrogen and oxygen atoms in total. The maximum Gasteiger partial charge on any atom is 0.191 e. The lowest BCUT2D eigenvalue weighted by Crippen LogP contribution is -2.40. The Bertz CT molecular complexity index is 933. The van der Waals surface area contributed by atoms with Crippen LogP contribution < -0.4 is 10.6 Å². The van der Waals surface area contributed by atoms with Crippen LogP contribution in [0.25, 0.3) is 0 Å². The summed E-state index contributed by atoms with van der Waals surface area (Å²) in [6.07, 6.45) is 3.61. The second-order valence-electron chi connectivity index (χ2n) is 7.30. The van der Waals surface area contributed by atoms with E-state index in [-0.39, 0.29) is 5.41 Å². The highest BCUT2D eigenvalue weighted by Crippen LogP contribution is 2.47. The molecule has 2 aromatic carbocycles. The van der Waals surface area contributed by atoms with E-state index in [9.17, 15) is 8.42 Å². The van der Waals surface area contributed by atoms with Crippen LogP contribution in [0.15, 0.2) is 58.4 Å². The quantitative estimate of drug-likeness (QED) is 0.593. The number of nitrogens with zero attached hydrogens (tertiary/aromatic N) is 1. The third-order valence-corrected chi connectivity index (χ3v) is 6.41. The van der Waals surface area contributed by atoms with Crippen molar-refractivity contribution in [1.82, 2.24) is 10.6 Å². The van der Waals surface area contributed by atoms with E-state index in [0.29, 0.717) is 11.4 Å². The first-order valence-corrected chi connectivity index (χ1v) is 11.0. The molecule has 0 aliphatic heterocycles. The van der Waals surface area contributed by atoms with Crippen molar-refractivity contribution in [2.24, 2.45) is 4.99 Å². The highest BCUT2D eigenvalue weighted by molar-refractivity contribution is 7.90. The van der Waals surface area contributed by atoms with Gasteiger partial charge < -0.3 is 10.6 Å². The molecule has 144 valence electrons. The summed E-state index contributed by atoms with van der Waals surface area (Å²) < 4.78 is 23.5. The van der Waals surface area contributed by atoms with Crippen molar-refractivity contribution in [2.75, 3.05) is 19.8 Å². The first kappa shape index (κ1) is 19.4. The summed E-state index contributed by atoms with van der Waals surface area (Å²) in [6.45, 7) is 3.26. The first-order chi connectivity index (χ1) is 12.8. The predicted molar refractivity (Wildman–Crippen MR) is 110 cm³/mol. The minimum absolute atomic E-state index is 0.215. The molecule has 0 radical (unpaired) electrons. The molecular weight excluding hydrogens is 358 g/mol. The Morgan fingerprint density at radius 1 is 1.11 bits per heavy atom. The average molecular weight is 386 g/mol. The van der Waals surface area contributed by atoms with Crippen LogP contribution in [0.1, 0.15) is 29.5 Å². The van der Waals surface area contributed by atoms with Crippen LogP contribution in [-0.4, -0.2) is 34.2 Å². The van der Waals surface area contributed by atoms with E-state index in [1.54, 1.807) is 13.1 Å². The van der Waals surface area contributed by atoms with Crippen LogP contribution >= 0.6 is 0 Å². The van der Waals surface area contributed by atoms with Crippen LogP contribution in [0.3, 0.4) is 0 Å². The van der Waals surface area contributed by atoms with Crippen molar-refractivity contribution in [3.63, 3.8) is 0 Å². The van der Waals surface area contributed by atoms with E-state index in [0.717, 1.165) is 23.6 Å². The zero-order valence-corrected chi connectivity index (χ0v) is 16.9. The van der Waals surface area contributed by atoms with Crippen molar-refractivity contribution < 1.29 is 8.42 Å². The highest BCUT2D eigenvalue weighted by Gasteiger charge is 2.43. The van der Waals surface area contributed by atoms with E-state index in [2.05, 4.69) is 39.9 Å². The second-order valence-corrected chi connectivity index (χ2v) is 9.28. The molecule has 0 heterocycles. The number of aliphatic imine (C=N–C) groups is 1.